The second-order valence-electron chi connectivity index (χ2n) is 3.94. The van der Waals surface area contributed by atoms with Gasteiger partial charge in [-0.15, -0.1) is 0 Å². The van der Waals surface area contributed by atoms with Crippen molar-refractivity contribution < 1.29 is 8.42 Å². The molecule has 1 aromatic heterocycles. The van der Waals surface area contributed by atoms with Gasteiger partial charge in [-0.25, -0.2) is 8.42 Å². The van der Waals surface area contributed by atoms with Crippen LogP contribution in [-0.2, 0) is 10.0 Å². The van der Waals surface area contributed by atoms with Gasteiger partial charge in [-0.3, -0.25) is 5.10 Å². The Labute approximate surface area is 90.5 Å². The number of H-pyrrole nitrogens is 1. The first kappa shape index (κ1) is 12.2. The largest absolute Gasteiger partial charge is 0.284 e. The van der Waals surface area contributed by atoms with Crippen molar-refractivity contribution in [2.24, 2.45) is 5.92 Å². The summed E-state index contributed by atoms with van der Waals surface area (Å²) in [6, 6.07) is -0.0371. The van der Waals surface area contributed by atoms with Gasteiger partial charge >= 0.3 is 0 Å². The van der Waals surface area contributed by atoms with Gasteiger partial charge in [0.2, 0.25) is 10.0 Å². The molecular formula is C9H17N3O2S. The highest BCUT2D eigenvalue weighted by Gasteiger charge is 2.27. The normalized spacial score (nSPS) is 14.8. The van der Waals surface area contributed by atoms with Crippen molar-refractivity contribution >= 4 is 10.0 Å². The van der Waals surface area contributed by atoms with Gasteiger partial charge < -0.3 is 0 Å². The molecule has 0 radical (unpaired) electrons. The van der Waals surface area contributed by atoms with Crippen molar-refractivity contribution in [3.8, 4) is 0 Å². The molecule has 6 heteroatoms. The Kier molecular flexibility index (Phi) is 3.51. The molecule has 0 saturated carbocycles. The van der Waals surface area contributed by atoms with E-state index in [0.717, 1.165) is 0 Å². The third-order valence-corrected chi connectivity index (χ3v) is 4.60. The Balaban J connectivity index is 2.98. The standard InChI is InChI=1S/C9H17N3O2S/c1-7(2)8(3)12(4)15(13,14)9-5-10-11-6-9/h5-8H,1-4H3,(H,10,11). The first-order chi connectivity index (χ1) is 6.87. The van der Waals surface area contributed by atoms with Crippen molar-refractivity contribution in [3.63, 3.8) is 0 Å². The van der Waals surface area contributed by atoms with Gasteiger partial charge in [-0.1, -0.05) is 13.8 Å². The van der Waals surface area contributed by atoms with Crippen molar-refractivity contribution in [3.05, 3.63) is 12.4 Å². The van der Waals surface area contributed by atoms with E-state index in [1.807, 2.05) is 20.8 Å². The second kappa shape index (κ2) is 4.32. The van der Waals surface area contributed by atoms with Crippen LogP contribution < -0.4 is 0 Å². The number of hydrogen-bond acceptors (Lipinski definition) is 3. The third kappa shape index (κ3) is 2.38. The summed E-state index contributed by atoms with van der Waals surface area (Å²) < 4.78 is 25.4. The fraction of sp³-hybridized carbons (Fsp3) is 0.667. The highest BCUT2D eigenvalue weighted by atomic mass is 32.2. The zero-order valence-corrected chi connectivity index (χ0v) is 10.2. The molecule has 0 aliphatic rings. The third-order valence-electron chi connectivity index (χ3n) is 2.69. The number of nitrogens with zero attached hydrogens (tertiary/aromatic N) is 2. The summed E-state index contributed by atoms with van der Waals surface area (Å²) in [4.78, 5) is 0.206. The minimum absolute atomic E-state index is 0.0371. The Morgan fingerprint density at radius 2 is 2.00 bits per heavy atom. The highest BCUT2D eigenvalue weighted by Crippen LogP contribution is 2.18. The van der Waals surface area contributed by atoms with Crippen molar-refractivity contribution in [2.75, 3.05) is 7.05 Å². The predicted molar refractivity (Wildman–Crippen MR) is 57.8 cm³/mol. The molecule has 86 valence electrons. The van der Waals surface area contributed by atoms with E-state index in [4.69, 9.17) is 0 Å². The minimum atomic E-state index is -3.40. The van der Waals surface area contributed by atoms with E-state index in [-0.39, 0.29) is 16.9 Å². The lowest BCUT2D eigenvalue weighted by atomic mass is 10.1. The predicted octanol–water partition coefficient (Wildman–Crippen LogP) is 1.07. The first-order valence-electron chi connectivity index (χ1n) is 4.84. The number of hydrogen-bond donors (Lipinski definition) is 1. The second-order valence-corrected chi connectivity index (χ2v) is 5.94. The first-order valence-corrected chi connectivity index (χ1v) is 6.28. The van der Waals surface area contributed by atoms with Crippen LogP contribution in [0.25, 0.3) is 0 Å². The molecule has 1 N–H and O–H groups in total. The summed E-state index contributed by atoms with van der Waals surface area (Å²) in [6.07, 6.45) is 2.71. The monoisotopic (exact) mass is 231 g/mol. The Bertz CT molecular complexity index is 397. The molecule has 0 aromatic carbocycles. The summed E-state index contributed by atoms with van der Waals surface area (Å²) >= 11 is 0. The maximum Gasteiger partial charge on any atom is 0.246 e. The molecule has 0 spiro atoms. The number of rotatable bonds is 4. The molecule has 15 heavy (non-hydrogen) atoms. The van der Waals surface area contributed by atoms with Crippen LogP contribution in [0.15, 0.2) is 17.3 Å². The van der Waals surface area contributed by atoms with Gasteiger partial charge in [0.1, 0.15) is 4.90 Å². The topological polar surface area (TPSA) is 66.1 Å². The zero-order valence-electron chi connectivity index (χ0n) is 9.43. The maximum atomic E-state index is 12.0. The molecule has 1 aromatic rings. The minimum Gasteiger partial charge on any atom is -0.284 e. The van der Waals surface area contributed by atoms with Crippen molar-refractivity contribution in [2.45, 2.75) is 31.7 Å². The zero-order chi connectivity index (χ0) is 11.6. The van der Waals surface area contributed by atoms with E-state index in [2.05, 4.69) is 10.2 Å². The Hall–Kier alpha value is -0.880. The summed E-state index contributed by atoms with van der Waals surface area (Å²) in [6.45, 7) is 5.88. The lowest BCUT2D eigenvalue weighted by Gasteiger charge is -2.26. The lowest BCUT2D eigenvalue weighted by Crippen LogP contribution is -2.38. The van der Waals surface area contributed by atoms with E-state index in [1.165, 1.54) is 16.7 Å². The van der Waals surface area contributed by atoms with Crippen LogP contribution >= 0.6 is 0 Å². The van der Waals surface area contributed by atoms with Crippen LogP contribution in [0, 0.1) is 5.92 Å². The van der Waals surface area contributed by atoms with Gasteiger partial charge in [0.15, 0.2) is 0 Å². The fourth-order valence-corrected chi connectivity index (χ4v) is 2.59. The van der Waals surface area contributed by atoms with Crippen LogP contribution in [0.4, 0.5) is 0 Å². The fourth-order valence-electron chi connectivity index (χ4n) is 1.19. The van der Waals surface area contributed by atoms with Crippen LogP contribution in [0.2, 0.25) is 0 Å². The molecule has 1 unspecified atom stereocenters. The van der Waals surface area contributed by atoms with E-state index in [1.54, 1.807) is 7.05 Å². The van der Waals surface area contributed by atoms with Crippen molar-refractivity contribution in [1.29, 1.82) is 0 Å². The molecule has 0 saturated heterocycles. The molecule has 1 rings (SSSR count). The lowest BCUT2D eigenvalue weighted by molar-refractivity contribution is 0.316. The summed E-state index contributed by atoms with van der Waals surface area (Å²) in [7, 11) is -1.81. The number of sulfonamides is 1. The van der Waals surface area contributed by atoms with Crippen LogP contribution in [0.1, 0.15) is 20.8 Å². The Morgan fingerprint density at radius 1 is 1.40 bits per heavy atom. The number of nitrogens with one attached hydrogen (secondary N) is 1. The molecule has 1 heterocycles. The van der Waals surface area contributed by atoms with Crippen LogP contribution in [-0.4, -0.2) is 36.0 Å². The summed E-state index contributed by atoms with van der Waals surface area (Å²) in [5, 5.41) is 6.15. The molecular weight excluding hydrogens is 214 g/mol. The van der Waals surface area contributed by atoms with Crippen LogP contribution in [0.5, 0.6) is 0 Å². The average molecular weight is 231 g/mol. The summed E-state index contributed by atoms with van der Waals surface area (Å²) in [5.41, 5.74) is 0. The molecule has 0 bridgehead atoms. The maximum absolute atomic E-state index is 12.0. The summed E-state index contributed by atoms with van der Waals surface area (Å²) in [5.74, 6) is 0.275. The van der Waals surface area contributed by atoms with E-state index in [9.17, 15) is 8.42 Å². The van der Waals surface area contributed by atoms with E-state index < -0.39 is 10.0 Å². The van der Waals surface area contributed by atoms with E-state index in [0.29, 0.717) is 0 Å². The molecule has 5 nitrogen and oxygen atoms in total. The smallest absolute Gasteiger partial charge is 0.246 e. The number of aromatic nitrogens is 2. The Morgan fingerprint density at radius 3 is 2.40 bits per heavy atom. The van der Waals surface area contributed by atoms with E-state index >= 15 is 0 Å². The van der Waals surface area contributed by atoms with Gasteiger partial charge in [0.05, 0.1) is 6.20 Å². The SMILES string of the molecule is CC(C)C(C)N(C)S(=O)(=O)c1cn[nH]c1. The van der Waals surface area contributed by atoms with Crippen molar-refractivity contribution in [1.82, 2.24) is 14.5 Å². The van der Waals surface area contributed by atoms with Gasteiger partial charge in [0.25, 0.3) is 0 Å². The highest BCUT2D eigenvalue weighted by molar-refractivity contribution is 7.89. The van der Waals surface area contributed by atoms with Gasteiger partial charge in [-0.2, -0.15) is 9.40 Å². The number of aromatic amines is 1. The van der Waals surface area contributed by atoms with Gasteiger partial charge in [-0.05, 0) is 12.8 Å². The molecule has 0 amide bonds. The van der Waals surface area contributed by atoms with Gasteiger partial charge in [0, 0.05) is 19.3 Å². The molecule has 0 aliphatic heterocycles. The molecule has 1 atom stereocenters. The average Bonchev–Trinajstić information content (AvgIpc) is 2.68. The van der Waals surface area contributed by atoms with Crippen LogP contribution in [0.3, 0.4) is 0 Å². The molecule has 0 aliphatic carbocycles. The quantitative estimate of drug-likeness (QED) is 0.843. The molecule has 0 fully saturated rings.